The van der Waals surface area contributed by atoms with Crippen LogP contribution in [0.15, 0.2) is 48.5 Å². The number of aliphatic hydroxyl groups excluding tert-OH is 6. The van der Waals surface area contributed by atoms with Crippen molar-refractivity contribution in [3.05, 3.63) is 70.8 Å². The molecule has 0 aliphatic carbocycles. The molecular weight excluding hydrogens is 472 g/mol. The zero-order valence-electron chi connectivity index (χ0n) is 19.6. The van der Waals surface area contributed by atoms with Gasteiger partial charge in [-0.25, -0.2) is 0 Å². The summed E-state index contributed by atoms with van der Waals surface area (Å²) in [4.78, 5) is 1.07. The SMILES string of the molecule is Cc1cccc(C(=S)C(C)CC(C(=S)c2cccc(C)c2)C(O)[C@@H](O)[C@@H](O)[C@H](O)[C@@H](O)CO)c1. The van der Waals surface area contributed by atoms with Crippen molar-refractivity contribution in [2.45, 2.75) is 57.7 Å². The molecule has 0 aliphatic heterocycles. The highest BCUT2D eigenvalue weighted by atomic mass is 32.1. The van der Waals surface area contributed by atoms with E-state index in [1.807, 2.05) is 69.3 Å². The smallest absolute Gasteiger partial charge is 0.111 e. The summed E-state index contributed by atoms with van der Waals surface area (Å²) in [6, 6.07) is 15.2. The van der Waals surface area contributed by atoms with Crippen molar-refractivity contribution in [2.24, 2.45) is 11.8 Å². The van der Waals surface area contributed by atoms with Crippen molar-refractivity contribution >= 4 is 34.2 Å². The average Bonchev–Trinajstić information content (AvgIpc) is 2.83. The lowest BCUT2D eigenvalue weighted by molar-refractivity contribution is -0.145. The predicted octanol–water partition coefficient (Wildman–Crippen LogP) is 1.88. The Balaban J connectivity index is 2.35. The molecule has 0 aromatic heterocycles. The van der Waals surface area contributed by atoms with E-state index >= 15 is 0 Å². The summed E-state index contributed by atoms with van der Waals surface area (Å²) in [7, 11) is 0. The number of thiocarbonyl (C=S) groups is 2. The molecule has 0 bridgehead atoms. The molecule has 34 heavy (non-hydrogen) atoms. The zero-order chi connectivity index (χ0) is 25.6. The second-order valence-corrected chi connectivity index (χ2v) is 9.80. The molecule has 6 nitrogen and oxygen atoms in total. The fourth-order valence-electron chi connectivity index (χ4n) is 3.96. The van der Waals surface area contributed by atoms with Crippen molar-refractivity contribution < 1.29 is 30.6 Å². The highest BCUT2D eigenvalue weighted by Crippen LogP contribution is 2.28. The number of benzene rings is 2. The molecule has 0 amide bonds. The molecule has 3 unspecified atom stereocenters. The van der Waals surface area contributed by atoms with E-state index in [2.05, 4.69) is 0 Å². The molecule has 0 spiro atoms. The van der Waals surface area contributed by atoms with Crippen molar-refractivity contribution in [1.29, 1.82) is 0 Å². The Kier molecular flexibility index (Phi) is 10.9. The molecule has 7 atom stereocenters. The van der Waals surface area contributed by atoms with Crippen molar-refractivity contribution in [2.75, 3.05) is 6.61 Å². The summed E-state index contributed by atoms with van der Waals surface area (Å²) >= 11 is 11.4. The molecule has 6 N–H and O–H groups in total. The maximum atomic E-state index is 11.1. The van der Waals surface area contributed by atoms with Crippen LogP contribution < -0.4 is 0 Å². The minimum atomic E-state index is -1.90. The van der Waals surface area contributed by atoms with Gasteiger partial charge in [-0.2, -0.15) is 0 Å². The lowest BCUT2D eigenvalue weighted by Gasteiger charge is -2.34. The van der Waals surface area contributed by atoms with Crippen molar-refractivity contribution in [1.82, 2.24) is 0 Å². The molecule has 0 fully saturated rings. The van der Waals surface area contributed by atoms with Crippen LogP contribution in [0.1, 0.15) is 35.6 Å². The Morgan fingerprint density at radius 3 is 1.68 bits per heavy atom. The van der Waals surface area contributed by atoms with Crippen LogP contribution in [0.4, 0.5) is 0 Å². The van der Waals surface area contributed by atoms with E-state index in [9.17, 15) is 25.5 Å². The highest BCUT2D eigenvalue weighted by Gasteiger charge is 2.39. The van der Waals surface area contributed by atoms with Gasteiger partial charge in [0.2, 0.25) is 0 Å². The van der Waals surface area contributed by atoms with Crippen LogP contribution in [-0.2, 0) is 0 Å². The van der Waals surface area contributed by atoms with E-state index in [0.29, 0.717) is 15.3 Å². The van der Waals surface area contributed by atoms with E-state index in [-0.39, 0.29) is 12.3 Å². The topological polar surface area (TPSA) is 121 Å². The quantitative estimate of drug-likeness (QED) is 0.191. The fourth-order valence-corrected chi connectivity index (χ4v) is 4.55. The second-order valence-electron chi connectivity index (χ2n) is 8.92. The minimum Gasteiger partial charge on any atom is -0.394 e. The Labute approximate surface area is 211 Å². The predicted molar refractivity (Wildman–Crippen MR) is 140 cm³/mol. The molecule has 2 rings (SSSR count). The van der Waals surface area contributed by atoms with Crippen LogP contribution in [0.2, 0.25) is 0 Å². The summed E-state index contributed by atoms with van der Waals surface area (Å²) in [6.45, 7) is 4.99. The van der Waals surface area contributed by atoms with Crippen LogP contribution in [0.5, 0.6) is 0 Å². The number of aryl methyl sites for hydroxylation is 2. The van der Waals surface area contributed by atoms with Gasteiger partial charge in [0.05, 0.1) is 12.7 Å². The summed E-state index contributed by atoms with van der Waals surface area (Å²) in [5.41, 5.74) is 3.62. The first-order chi connectivity index (χ1) is 16.0. The third-order valence-corrected chi connectivity index (χ3v) is 7.22. The van der Waals surface area contributed by atoms with Gasteiger partial charge in [0.1, 0.15) is 24.4 Å². The standard InChI is InChI=1S/C26H34O6S2/c1-14-6-4-8-17(10-14)25(33)16(3)12-19(26(34)18-9-5-7-15(2)11-18)21(29)23(31)24(32)22(30)20(28)13-27/h4-11,16,19-24,27-32H,12-13H2,1-3H3/t16?,19?,20-,21?,22+,23+,24-/m0/s1. The molecule has 0 aliphatic rings. The minimum absolute atomic E-state index is 0.212. The maximum Gasteiger partial charge on any atom is 0.111 e. The monoisotopic (exact) mass is 506 g/mol. The van der Waals surface area contributed by atoms with Gasteiger partial charge in [0.25, 0.3) is 0 Å². The van der Waals surface area contributed by atoms with Gasteiger partial charge in [0, 0.05) is 15.6 Å². The molecule has 0 saturated carbocycles. The first-order valence-corrected chi connectivity index (χ1v) is 12.0. The Morgan fingerprint density at radius 1 is 0.735 bits per heavy atom. The van der Waals surface area contributed by atoms with E-state index < -0.39 is 43.0 Å². The second kappa shape index (κ2) is 12.9. The van der Waals surface area contributed by atoms with Crippen LogP contribution in [-0.4, -0.2) is 77.5 Å². The van der Waals surface area contributed by atoms with E-state index in [1.54, 1.807) is 0 Å². The lowest BCUT2D eigenvalue weighted by Crippen LogP contribution is -2.52. The van der Waals surface area contributed by atoms with E-state index in [0.717, 1.165) is 16.7 Å². The maximum absolute atomic E-state index is 11.1. The molecular formula is C26H34O6S2. The number of hydrogen-bond acceptors (Lipinski definition) is 8. The Hall–Kier alpha value is -1.62. The van der Waals surface area contributed by atoms with Gasteiger partial charge in [-0.3, -0.25) is 0 Å². The van der Waals surface area contributed by atoms with Gasteiger partial charge >= 0.3 is 0 Å². The molecule has 2 aromatic carbocycles. The molecule has 8 heteroatoms. The van der Waals surface area contributed by atoms with Gasteiger partial charge in [-0.05, 0) is 37.3 Å². The van der Waals surface area contributed by atoms with Gasteiger partial charge in [0.15, 0.2) is 0 Å². The van der Waals surface area contributed by atoms with E-state index in [1.165, 1.54) is 0 Å². The molecule has 0 heterocycles. The third-order valence-electron chi connectivity index (χ3n) is 6.04. The lowest BCUT2D eigenvalue weighted by atomic mass is 9.80. The highest BCUT2D eigenvalue weighted by molar-refractivity contribution is 7.81. The largest absolute Gasteiger partial charge is 0.394 e. The summed E-state index contributed by atoms with van der Waals surface area (Å²) in [5.74, 6) is -1.01. The third kappa shape index (κ3) is 7.19. The first-order valence-electron chi connectivity index (χ1n) is 11.2. The Bertz CT molecular complexity index is 981. The first kappa shape index (κ1) is 28.6. The summed E-state index contributed by atoms with van der Waals surface area (Å²) in [6.07, 6.45) is -8.54. The van der Waals surface area contributed by atoms with E-state index in [4.69, 9.17) is 29.5 Å². The van der Waals surface area contributed by atoms with Gasteiger partial charge in [-0.15, -0.1) is 0 Å². The number of rotatable bonds is 12. The summed E-state index contributed by atoms with van der Waals surface area (Å²) < 4.78 is 0. The fraction of sp³-hybridized carbons (Fsp3) is 0.462. The number of aliphatic hydroxyl groups is 6. The molecule has 186 valence electrons. The molecule has 0 radical (unpaired) electrons. The van der Waals surface area contributed by atoms with Crippen molar-refractivity contribution in [3.8, 4) is 0 Å². The molecule has 0 saturated heterocycles. The van der Waals surface area contributed by atoms with Gasteiger partial charge in [-0.1, -0.05) is 91.0 Å². The van der Waals surface area contributed by atoms with Gasteiger partial charge < -0.3 is 30.6 Å². The molecule has 2 aromatic rings. The van der Waals surface area contributed by atoms with Crippen LogP contribution >= 0.6 is 24.4 Å². The van der Waals surface area contributed by atoms with Crippen LogP contribution in [0, 0.1) is 25.7 Å². The average molecular weight is 507 g/mol. The Morgan fingerprint density at radius 2 is 1.21 bits per heavy atom. The zero-order valence-corrected chi connectivity index (χ0v) is 21.2. The summed E-state index contributed by atoms with van der Waals surface area (Å²) in [5, 5.41) is 60.9. The van der Waals surface area contributed by atoms with Crippen LogP contribution in [0.3, 0.4) is 0 Å². The van der Waals surface area contributed by atoms with Crippen LogP contribution in [0.25, 0.3) is 0 Å². The number of hydrogen-bond donors (Lipinski definition) is 6. The van der Waals surface area contributed by atoms with Crippen molar-refractivity contribution in [3.63, 3.8) is 0 Å². The normalized spacial score (nSPS) is 17.8.